The van der Waals surface area contributed by atoms with Crippen LogP contribution in [0, 0.1) is 0 Å². The lowest BCUT2D eigenvalue weighted by Crippen LogP contribution is -2.52. The molecule has 1 aliphatic heterocycles. The average molecular weight is 413 g/mol. The van der Waals surface area contributed by atoms with Crippen LogP contribution in [0.2, 0.25) is 0 Å². The van der Waals surface area contributed by atoms with Crippen molar-refractivity contribution in [2.24, 2.45) is 4.99 Å². The summed E-state index contributed by atoms with van der Waals surface area (Å²) in [4.78, 5) is 9.21. The van der Waals surface area contributed by atoms with Crippen molar-refractivity contribution in [1.29, 1.82) is 0 Å². The van der Waals surface area contributed by atoms with Crippen LogP contribution in [-0.2, 0) is 13.1 Å². The van der Waals surface area contributed by atoms with Crippen LogP contribution in [0.4, 0.5) is 0 Å². The number of benzene rings is 2. The van der Waals surface area contributed by atoms with Crippen LogP contribution in [0.1, 0.15) is 11.1 Å². The Morgan fingerprint density at radius 1 is 0.900 bits per heavy atom. The van der Waals surface area contributed by atoms with E-state index < -0.39 is 0 Å². The minimum Gasteiger partial charge on any atom is -0.497 e. The van der Waals surface area contributed by atoms with Crippen molar-refractivity contribution < 1.29 is 14.2 Å². The van der Waals surface area contributed by atoms with E-state index in [0.717, 1.165) is 67.1 Å². The zero-order valence-corrected chi connectivity index (χ0v) is 18.4. The van der Waals surface area contributed by atoms with Gasteiger partial charge in [-0.15, -0.1) is 0 Å². The Balaban J connectivity index is 1.55. The lowest BCUT2D eigenvalue weighted by atomic mass is 10.1. The monoisotopic (exact) mass is 412 g/mol. The number of para-hydroxylation sites is 1. The third-order valence-corrected chi connectivity index (χ3v) is 5.39. The predicted octanol–water partition coefficient (Wildman–Crippen LogP) is 2.61. The molecule has 0 bridgehead atoms. The molecule has 3 rings (SSSR count). The van der Waals surface area contributed by atoms with Crippen molar-refractivity contribution in [3.05, 3.63) is 53.6 Å². The van der Waals surface area contributed by atoms with Gasteiger partial charge in [-0.3, -0.25) is 9.89 Å². The van der Waals surface area contributed by atoms with Gasteiger partial charge in [0, 0.05) is 57.4 Å². The molecule has 30 heavy (non-hydrogen) atoms. The van der Waals surface area contributed by atoms with Gasteiger partial charge in [0.2, 0.25) is 0 Å². The van der Waals surface area contributed by atoms with E-state index in [1.807, 2.05) is 37.4 Å². The van der Waals surface area contributed by atoms with Crippen molar-refractivity contribution in [3.63, 3.8) is 0 Å². The Hall–Kier alpha value is -2.93. The van der Waals surface area contributed by atoms with Gasteiger partial charge in [0.15, 0.2) is 5.96 Å². The van der Waals surface area contributed by atoms with Crippen LogP contribution in [-0.4, -0.2) is 70.3 Å². The van der Waals surface area contributed by atoms with Crippen LogP contribution in [0.3, 0.4) is 0 Å². The summed E-state index contributed by atoms with van der Waals surface area (Å²) < 4.78 is 16.3. The fourth-order valence-corrected chi connectivity index (χ4v) is 3.72. The minimum absolute atomic E-state index is 0.678. The molecule has 7 nitrogen and oxygen atoms in total. The second-order valence-corrected chi connectivity index (χ2v) is 7.15. The first-order valence-corrected chi connectivity index (χ1v) is 10.2. The topological polar surface area (TPSA) is 58.6 Å². The van der Waals surface area contributed by atoms with Gasteiger partial charge in [-0.1, -0.05) is 18.2 Å². The van der Waals surface area contributed by atoms with Gasteiger partial charge in [0.25, 0.3) is 0 Å². The molecular formula is C23H32N4O3. The second kappa shape index (κ2) is 10.7. The molecule has 7 heteroatoms. The molecule has 0 aromatic heterocycles. The van der Waals surface area contributed by atoms with Crippen LogP contribution < -0.4 is 19.5 Å². The Kier molecular flexibility index (Phi) is 7.79. The molecule has 0 amide bonds. The van der Waals surface area contributed by atoms with Crippen LogP contribution in [0.25, 0.3) is 0 Å². The summed E-state index contributed by atoms with van der Waals surface area (Å²) in [6.07, 6.45) is 0. The van der Waals surface area contributed by atoms with Crippen molar-refractivity contribution in [1.82, 2.24) is 15.1 Å². The number of piperazine rings is 1. The van der Waals surface area contributed by atoms with Crippen molar-refractivity contribution in [2.45, 2.75) is 13.1 Å². The number of hydrogen-bond acceptors (Lipinski definition) is 5. The third-order valence-electron chi connectivity index (χ3n) is 5.39. The van der Waals surface area contributed by atoms with E-state index in [0.29, 0.717) is 6.54 Å². The lowest BCUT2D eigenvalue weighted by molar-refractivity contribution is 0.171. The summed E-state index contributed by atoms with van der Waals surface area (Å²) in [7, 11) is 6.93. The Morgan fingerprint density at radius 2 is 1.60 bits per heavy atom. The SMILES string of the molecule is CN=C(NCc1ccccc1OC)N1CCN(Cc2cc(OC)ccc2OC)CC1. The number of ether oxygens (including phenoxy) is 3. The maximum absolute atomic E-state index is 5.52. The first kappa shape index (κ1) is 21.8. The van der Waals surface area contributed by atoms with E-state index in [1.54, 1.807) is 21.3 Å². The van der Waals surface area contributed by atoms with E-state index in [4.69, 9.17) is 14.2 Å². The van der Waals surface area contributed by atoms with E-state index in [1.165, 1.54) is 0 Å². The fraction of sp³-hybridized carbons (Fsp3) is 0.435. The predicted molar refractivity (Wildman–Crippen MR) is 120 cm³/mol. The number of hydrogen-bond donors (Lipinski definition) is 1. The standard InChI is InChI=1S/C23H32N4O3/c1-24-23(25-16-18-7-5-6-8-21(18)29-3)27-13-11-26(12-14-27)17-19-15-20(28-2)9-10-22(19)30-4/h5-10,15H,11-14,16-17H2,1-4H3,(H,24,25). The molecule has 0 atom stereocenters. The van der Waals surface area contributed by atoms with E-state index in [-0.39, 0.29) is 0 Å². The number of guanidine groups is 1. The van der Waals surface area contributed by atoms with Crippen LogP contribution >= 0.6 is 0 Å². The highest BCUT2D eigenvalue weighted by Gasteiger charge is 2.21. The smallest absolute Gasteiger partial charge is 0.194 e. The number of methoxy groups -OCH3 is 3. The molecule has 2 aromatic carbocycles. The highest BCUT2D eigenvalue weighted by molar-refractivity contribution is 5.80. The molecule has 0 saturated carbocycles. The largest absolute Gasteiger partial charge is 0.497 e. The second-order valence-electron chi connectivity index (χ2n) is 7.15. The summed E-state index contributed by atoms with van der Waals surface area (Å²) in [6, 6.07) is 14.0. The average Bonchev–Trinajstić information content (AvgIpc) is 2.80. The molecule has 1 fully saturated rings. The van der Waals surface area contributed by atoms with Crippen LogP contribution in [0.5, 0.6) is 17.2 Å². The first-order chi connectivity index (χ1) is 14.7. The molecule has 1 N–H and O–H groups in total. The Morgan fingerprint density at radius 3 is 2.27 bits per heavy atom. The number of aliphatic imine (C=N–C) groups is 1. The molecule has 1 heterocycles. The van der Waals surface area contributed by atoms with Crippen molar-refractivity contribution >= 4 is 5.96 Å². The molecule has 2 aromatic rings. The van der Waals surface area contributed by atoms with Gasteiger partial charge in [-0.2, -0.15) is 0 Å². The molecule has 0 aliphatic carbocycles. The summed E-state index contributed by atoms with van der Waals surface area (Å²) in [5.41, 5.74) is 2.26. The fourth-order valence-electron chi connectivity index (χ4n) is 3.72. The third kappa shape index (κ3) is 5.36. The summed E-state index contributed by atoms with van der Waals surface area (Å²) in [5, 5.41) is 3.47. The molecule has 1 saturated heterocycles. The first-order valence-electron chi connectivity index (χ1n) is 10.2. The minimum atomic E-state index is 0.678. The van der Waals surface area contributed by atoms with E-state index >= 15 is 0 Å². The summed E-state index contributed by atoms with van der Waals surface area (Å²) in [5.74, 6) is 3.55. The lowest BCUT2D eigenvalue weighted by Gasteiger charge is -2.36. The zero-order valence-electron chi connectivity index (χ0n) is 18.4. The van der Waals surface area contributed by atoms with E-state index in [2.05, 4.69) is 32.2 Å². The van der Waals surface area contributed by atoms with Gasteiger partial charge in [-0.25, -0.2) is 0 Å². The van der Waals surface area contributed by atoms with Gasteiger partial charge in [-0.05, 0) is 24.3 Å². The van der Waals surface area contributed by atoms with Crippen LogP contribution in [0.15, 0.2) is 47.5 Å². The van der Waals surface area contributed by atoms with Gasteiger partial charge in [0.1, 0.15) is 17.2 Å². The van der Waals surface area contributed by atoms with Gasteiger partial charge in [0.05, 0.1) is 21.3 Å². The maximum atomic E-state index is 5.52. The Bertz CT molecular complexity index is 848. The van der Waals surface area contributed by atoms with Crippen molar-refractivity contribution in [3.8, 4) is 17.2 Å². The molecule has 1 aliphatic rings. The quantitative estimate of drug-likeness (QED) is 0.557. The van der Waals surface area contributed by atoms with Crippen molar-refractivity contribution in [2.75, 3.05) is 54.6 Å². The normalized spacial score (nSPS) is 15.1. The molecule has 162 valence electrons. The van der Waals surface area contributed by atoms with Gasteiger partial charge < -0.3 is 24.4 Å². The summed E-state index contributed by atoms with van der Waals surface area (Å²) in [6.45, 7) is 5.25. The van der Waals surface area contributed by atoms with E-state index in [9.17, 15) is 0 Å². The number of nitrogens with one attached hydrogen (secondary N) is 1. The Labute approximate surface area is 179 Å². The molecule has 0 spiro atoms. The molecular weight excluding hydrogens is 380 g/mol. The highest BCUT2D eigenvalue weighted by Crippen LogP contribution is 2.25. The number of nitrogens with zero attached hydrogens (tertiary/aromatic N) is 3. The maximum Gasteiger partial charge on any atom is 0.194 e. The summed E-state index contributed by atoms with van der Waals surface area (Å²) >= 11 is 0. The highest BCUT2D eigenvalue weighted by atomic mass is 16.5. The number of rotatable bonds is 7. The van der Waals surface area contributed by atoms with Gasteiger partial charge >= 0.3 is 0 Å². The molecule has 0 radical (unpaired) electrons. The molecule has 0 unspecified atom stereocenters. The zero-order chi connectivity index (χ0) is 21.3.